The smallest absolute Gasteiger partial charge is 0.0618 e. The number of halogens is 1. The summed E-state index contributed by atoms with van der Waals surface area (Å²) >= 11 is 7.07. The second-order valence-electron chi connectivity index (χ2n) is 19.5. The van der Waals surface area contributed by atoms with E-state index in [1.54, 1.807) is 0 Å². The molecule has 0 radical (unpaired) electrons. The number of rotatable bonds is 12. The van der Waals surface area contributed by atoms with Crippen LogP contribution in [0.5, 0.6) is 0 Å². The average Bonchev–Trinajstić information content (AvgIpc) is 3.44. The van der Waals surface area contributed by atoms with Gasteiger partial charge in [0.25, 0.3) is 0 Å². The highest BCUT2D eigenvalue weighted by Gasteiger charge is 2.29. The number of anilines is 6. The number of hydrogen-bond acceptors (Lipinski definition) is 2. The fourth-order valence-electron chi connectivity index (χ4n) is 10.2. The molecule has 0 aromatic heterocycles. The molecule has 0 unspecified atom stereocenters. The van der Waals surface area contributed by atoms with Gasteiger partial charge in [-0.1, -0.05) is 263 Å². The van der Waals surface area contributed by atoms with Crippen LogP contribution in [0.3, 0.4) is 0 Å². The summed E-state index contributed by atoms with van der Waals surface area (Å²) in [7, 11) is 0. The van der Waals surface area contributed by atoms with Crippen LogP contribution in [0.4, 0.5) is 34.1 Å². The summed E-state index contributed by atoms with van der Waals surface area (Å²) in [5, 5.41) is 0.652. The molecule has 0 amide bonds. The van der Waals surface area contributed by atoms with Crippen LogP contribution in [0.1, 0.15) is 26.3 Å². The van der Waals surface area contributed by atoms with Gasteiger partial charge >= 0.3 is 0 Å². The Labute approximate surface area is 435 Å². The molecule has 0 fully saturated rings. The first kappa shape index (κ1) is 46.7. The SMILES string of the molecule is CC(C)(C)c1cc(N(c2cc(-c3ccccc3)cc(N(c3cccc(Cl)c3)c3c(-c4ccccc4)cccc3-c3ccccc3)c2)c2c(-c3ccccc3)cccc2-c2ccccc2)ccc1-c1ccccc1. The van der Waals surface area contributed by atoms with Crippen LogP contribution in [-0.4, -0.2) is 0 Å². The Kier molecular flexibility index (Phi) is 13.2. The summed E-state index contributed by atoms with van der Waals surface area (Å²) in [6.07, 6.45) is 0. The van der Waals surface area contributed by atoms with Gasteiger partial charge in [-0.05, 0) is 104 Å². The molecule has 3 heteroatoms. The maximum Gasteiger partial charge on any atom is 0.0618 e. The Hall–Kier alpha value is -8.69. The molecule has 0 atom stereocenters. The van der Waals surface area contributed by atoms with Crippen LogP contribution in [0, 0.1) is 0 Å². The minimum absolute atomic E-state index is 0.205. The molecular formula is C70H55ClN2. The van der Waals surface area contributed by atoms with Crippen molar-refractivity contribution >= 4 is 45.7 Å². The Morgan fingerprint density at radius 1 is 0.260 bits per heavy atom. The van der Waals surface area contributed by atoms with Gasteiger partial charge in [0, 0.05) is 50.0 Å². The Morgan fingerprint density at radius 3 is 0.973 bits per heavy atom. The predicted octanol–water partition coefficient (Wildman–Crippen LogP) is 20.6. The summed E-state index contributed by atoms with van der Waals surface area (Å²) in [4.78, 5) is 4.94. The van der Waals surface area contributed by atoms with Crippen molar-refractivity contribution < 1.29 is 0 Å². The van der Waals surface area contributed by atoms with Crippen molar-refractivity contribution in [2.24, 2.45) is 0 Å². The third kappa shape index (κ3) is 9.74. The van der Waals surface area contributed by atoms with E-state index in [9.17, 15) is 0 Å². The van der Waals surface area contributed by atoms with Gasteiger partial charge in [-0.15, -0.1) is 0 Å². The summed E-state index contributed by atoms with van der Waals surface area (Å²) in [6.45, 7) is 6.96. The lowest BCUT2D eigenvalue weighted by atomic mass is 9.81. The van der Waals surface area contributed by atoms with Crippen molar-refractivity contribution in [3.63, 3.8) is 0 Å². The first-order valence-electron chi connectivity index (χ1n) is 25.0. The summed E-state index contributed by atoms with van der Waals surface area (Å²) in [5.74, 6) is 0. The number of nitrogens with zero attached hydrogens (tertiary/aromatic N) is 2. The van der Waals surface area contributed by atoms with E-state index in [2.05, 4.69) is 304 Å². The van der Waals surface area contributed by atoms with E-state index < -0.39 is 0 Å². The molecule has 11 aromatic rings. The lowest BCUT2D eigenvalue weighted by Crippen LogP contribution is -2.18. The number of hydrogen-bond donors (Lipinski definition) is 0. The third-order valence-corrected chi connectivity index (χ3v) is 13.8. The number of benzene rings is 11. The van der Waals surface area contributed by atoms with E-state index >= 15 is 0 Å². The molecule has 11 aromatic carbocycles. The van der Waals surface area contributed by atoms with Crippen LogP contribution >= 0.6 is 11.6 Å². The van der Waals surface area contributed by atoms with Crippen LogP contribution in [0.25, 0.3) is 66.8 Å². The van der Waals surface area contributed by atoms with Gasteiger partial charge in [-0.25, -0.2) is 0 Å². The van der Waals surface area contributed by atoms with Crippen molar-refractivity contribution in [1.29, 1.82) is 0 Å². The molecule has 0 saturated heterocycles. The van der Waals surface area contributed by atoms with E-state index in [1.165, 1.54) is 16.7 Å². The highest BCUT2D eigenvalue weighted by Crippen LogP contribution is 2.52. The van der Waals surface area contributed by atoms with E-state index in [0.29, 0.717) is 5.02 Å². The lowest BCUT2D eigenvalue weighted by molar-refractivity contribution is 0.592. The maximum absolute atomic E-state index is 7.07. The topological polar surface area (TPSA) is 6.48 Å². The van der Waals surface area contributed by atoms with Crippen molar-refractivity contribution in [3.8, 4) is 66.8 Å². The lowest BCUT2D eigenvalue weighted by Gasteiger charge is -2.35. The van der Waals surface area contributed by atoms with E-state index in [0.717, 1.165) is 89.8 Å². The van der Waals surface area contributed by atoms with Gasteiger partial charge < -0.3 is 9.80 Å². The molecule has 73 heavy (non-hydrogen) atoms. The molecule has 0 aliphatic heterocycles. The molecule has 2 nitrogen and oxygen atoms in total. The molecule has 11 rings (SSSR count). The molecule has 0 N–H and O–H groups in total. The van der Waals surface area contributed by atoms with Gasteiger partial charge in [0.1, 0.15) is 0 Å². The molecule has 0 aliphatic rings. The second-order valence-corrected chi connectivity index (χ2v) is 19.9. The normalized spacial score (nSPS) is 11.3. The minimum Gasteiger partial charge on any atom is -0.309 e. The van der Waals surface area contributed by atoms with Crippen molar-refractivity contribution in [3.05, 3.63) is 290 Å². The molecule has 0 aliphatic carbocycles. The van der Waals surface area contributed by atoms with E-state index in [-0.39, 0.29) is 5.41 Å². The van der Waals surface area contributed by atoms with E-state index in [1.807, 2.05) is 6.07 Å². The predicted molar refractivity (Wildman–Crippen MR) is 312 cm³/mol. The molecule has 0 saturated carbocycles. The largest absolute Gasteiger partial charge is 0.309 e. The minimum atomic E-state index is -0.205. The Bertz CT molecular complexity index is 3530. The van der Waals surface area contributed by atoms with Crippen molar-refractivity contribution in [2.75, 3.05) is 9.80 Å². The van der Waals surface area contributed by atoms with Crippen molar-refractivity contribution in [2.45, 2.75) is 26.2 Å². The van der Waals surface area contributed by atoms with Crippen LogP contribution in [0.2, 0.25) is 5.02 Å². The molecular weight excluding hydrogens is 904 g/mol. The zero-order valence-corrected chi connectivity index (χ0v) is 42.1. The van der Waals surface area contributed by atoms with E-state index in [4.69, 9.17) is 11.6 Å². The molecule has 0 heterocycles. The second kappa shape index (κ2) is 20.6. The zero-order valence-electron chi connectivity index (χ0n) is 41.3. The standard InChI is InChI=1S/C70H55ClN2/c1-70(2,3)67-49-59(43-44-62(67)51-27-12-5-13-28-51)73(69-65(54-33-18-8-19-34-54)41-24-42-66(69)55-35-20-9-21-36-55)61-46-56(50-25-10-4-11-26-50)45-60(48-61)72(58-38-22-37-57(71)47-58)68-63(52-29-14-6-15-30-52)39-23-40-64(68)53-31-16-7-17-32-53/h4-49H,1-3H3. The third-order valence-electron chi connectivity index (χ3n) is 13.6. The monoisotopic (exact) mass is 958 g/mol. The average molecular weight is 960 g/mol. The maximum atomic E-state index is 7.07. The fourth-order valence-corrected chi connectivity index (χ4v) is 10.4. The quantitative estimate of drug-likeness (QED) is 0.120. The summed E-state index contributed by atoms with van der Waals surface area (Å²) in [5.41, 5.74) is 20.6. The van der Waals surface area contributed by atoms with Crippen molar-refractivity contribution in [1.82, 2.24) is 0 Å². The summed E-state index contributed by atoms with van der Waals surface area (Å²) < 4.78 is 0. The van der Waals surface area contributed by atoms with Gasteiger partial charge in [0.2, 0.25) is 0 Å². The van der Waals surface area contributed by atoms with Crippen LogP contribution in [-0.2, 0) is 5.41 Å². The van der Waals surface area contributed by atoms with Gasteiger partial charge in [0.15, 0.2) is 0 Å². The van der Waals surface area contributed by atoms with Gasteiger partial charge in [-0.3, -0.25) is 0 Å². The highest BCUT2D eigenvalue weighted by atomic mass is 35.5. The van der Waals surface area contributed by atoms with Crippen LogP contribution < -0.4 is 9.80 Å². The highest BCUT2D eigenvalue weighted by molar-refractivity contribution is 6.31. The van der Waals surface area contributed by atoms with Gasteiger partial charge in [0.05, 0.1) is 11.4 Å². The summed E-state index contributed by atoms with van der Waals surface area (Å²) in [6, 6.07) is 100. The molecule has 352 valence electrons. The molecule has 0 spiro atoms. The zero-order chi connectivity index (χ0) is 49.7. The first-order valence-corrected chi connectivity index (χ1v) is 25.4. The Balaban J connectivity index is 1.29. The molecule has 0 bridgehead atoms. The first-order chi connectivity index (χ1) is 35.8. The van der Waals surface area contributed by atoms with Gasteiger partial charge in [-0.2, -0.15) is 0 Å². The van der Waals surface area contributed by atoms with Crippen LogP contribution in [0.15, 0.2) is 279 Å². The number of para-hydroxylation sites is 2. The Morgan fingerprint density at radius 2 is 0.603 bits per heavy atom. The fraction of sp³-hybridized carbons (Fsp3) is 0.0571.